The van der Waals surface area contributed by atoms with Crippen molar-refractivity contribution in [2.75, 3.05) is 6.61 Å². The van der Waals surface area contributed by atoms with Gasteiger partial charge in [0.25, 0.3) is 5.91 Å². The number of amides is 1. The Hall–Kier alpha value is -1.75. The predicted molar refractivity (Wildman–Crippen MR) is 65.6 cm³/mol. The van der Waals surface area contributed by atoms with Gasteiger partial charge in [-0.3, -0.25) is 9.59 Å². The highest BCUT2D eigenvalue weighted by Crippen LogP contribution is 2.15. The first-order chi connectivity index (χ1) is 8.18. The molecule has 1 fully saturated rings. The second-order valence-corrected chi connectivity index (χ2v) is 4.13. The quantitative estimate of drug-likeness (QED) is 0.634. The zero-order valence-corrected chi connectivity index (χ0v) is 9.83. The lowest BCUT2D eigenvalue weighted by Gasteiger charge is -2.09. The van der Waals surface area contributed by atoms with E-state index in [-0.39, 0.29) is 16.9 Å². The molecule has 1 amide bonds. The lowest BCUT2D eigenvalue weighted by atomic mass is 10.1. The fraction of sp³-hybridized carbons (Fsp3) is 0.250. The van der Waals surface area contributed by atoms with Gasteiger partial charge >= 0.3 is 5.97 Å². The predicted octanol–water partition coefficient (Wildman–Crippen LogP) is 1.31. The molecule has 17 heavy (non-hydrogen) atoms. The zero-order chi connectivity index (χ0) is 12.3. The Morgan fingerprint density at radius 3 is 2.65 bits per heavy atom. The number of carbonyl (C=O) groups excluding carboxylic acids is 2. The first-order valence-electron chi connectivity index (χ1n) is 5.25. The van der Waals surface area contributed by atoms with Crippen molar-refractivity contribution in [1.29, 1.82) is 0 Å². The van der Waals surface area contributed by atoms with E-state index >= 15 is 0 Å². The summed E-state index contributed by atoms with van der Waals surface area (Å²) in [6.45, 7) is 0.366. The van der Waals surface area contributed by atoms with Crippen molar-refractivity contribution in [3.63, 3.8) is 0 Å². The molecule has 1 aromatic carbocycles. The molecule has 1 aromatic rings. The topological polar surface area (TPSA) is 55.4 Å². The van der Waals surface area contributed by atoms with Crippen molar-refractivity contribution in [3.8, 4) is 0 Å². The van der Waals surface area contributed by atoms with Crippen molar-refractivity contribution >= 4 is 29.1 Å². The van der Waals surface area contributed by atoms with Crippen LogP contribution in [-0.2, 0) is 9.53 Å². The van der Waals surface area contributed by atoms with E-state index in [2.05, 4.69) is 5.32 Å². The van der Waals surface area contributed by atoms with E-state index < -0.39 is 5.92 Å². The molecule has 0 spiro atoms. The number of thiocarbonyl (C=S) groups is 1. The number of nitrogens with one attached hydrogen (secondary N) is 1. The van der Waals surface area contributed by atoms with Crippen LogP contribution in [0.3, 0.4) is 0 Å². The van der Waals surface area contributed by atoms with E-state index in [1.807, 2.05) is 6.07 Å². The van der Waals surface area contributed by atoms with Crippen molar-refractivity contribution in [3.05, 3.63) is 35.9 Å². The summed E-state index contributed by atoms with van der Waals surface area (Å²) in [6.07, 6.45) is 0.534. The highest BCUT2D eigenvalue weighted by atomic mass is 32.1. The van der Waals surface area contributed by atoms with Crippen LogP contribution in [0.1, 0.15) is 16.8 Å². The summed E-state index contributed by atoms with van der Waals surface area (Å²) in [5.41, 5.74) is 0.515. The van der Waals surface area contributed by atoms with Crippen LogP contribution in [0.25, 0.3) is 0 Å². The molecular weight excluding hydrogens is 238 g/mol. The minimum Gasteiger partial charge on any atom is -0.465 e. The van der Waals surface area contributed by atoms with Gasteiger partial charge in [-0.2, -0.15) is 0 Å². The molecule has 1 heterocycles. The normalized spacial score (nSPS) is 18.6. The van der Waals surface area contributed by atoms with Gasteiger partial charge in [0.1, 0.15) is 5.92 Å². The third kappa shape index (κ3) is 2.68. The van der Waals surface area contributed by atoms with Gasteiger partial charge in [0.05, 0.1) is 11.6 Å². The average molecular weight is 249 g/mol. The van der Waals surface area contributed by atoms with Gasteiger partial charge in [0.15, 0.2) is 0 Å². The maximum atomic E-state index is 11.8. The molecule has 1 N–H and O–H groups in total. The van der Waals surface area contributed by atoms with Gasteiger partial charge in [-0.1, -0.05) is 30.4 Å². The molecule has 88 valence electrons. The Kier molecular flexibility index (Phi) is 3.49. The molecule has 1 saturated heterocycles. The van der Waals surface area contributed by atoms with Crippen LogP contribution >= 0.6 is 12.2 Å². The Morgan fingerprint density at radius 1 is 1.35 bits per heavy atom. The molecule has 1 atom stereocenters. The first kappa shape index (κ1) is 11.7. The summed E-state index contributed by atoms with van der Waals surface area (Å²) in [5, 5.41) is 2.56. The number of ether oxygens (including phenoxy) is 1. The number of rotatable bonds is 2. The van der Waals surface area contributed by atoms with Crippen LogP contribution in [0.15, 0.2) is 30.3 Å². The van der Waals surface area contributed by atoms with Gasteiger partial charge in [0.2, 0.25) is 0 Å². The summed E-state index contributed by atoms with van der Waals surface area (Å²) < 4.78 is 4.80. The van der Waals surface area contributed by atoms with Crippen LogP contribution in [0.4, 0.5) is 0 Å². The van der Waals surface area contributed by atoms with E-state index in [4.69, 9.17) is 17.0 Å². The van der Waals surface area contributed by atoms with Crippen molar-refractivity contribution in [1.82, 2.24) is 5.32 Å². The number of esters is 1. The highest BCUT2D eigenvalue weighted by Gasteiger charge is 2.31. The maximum absolute atomic E-state index is 11.8. The average Bonchev–Trinajstić information content (AvgIpc) is 2.76. The van der Waals surface area contributed by atoms with E-state index in [0.717, 1.165) is 0 Å². The SMILES string of the molecule is O=C(NC(=S)C1CCOC1=O)c1ccccc1. The number of benzene rings is 1. The Labute approximate surface area is 104 Å². The summed E-state index contributed by atoms with van der Waals surface area (Å²) in [7, 11) is 0. The third-order valence-electron chi connectivity index (χ3n) is 2.52. The van der Waals surface area contributed by atoms with Crippen molar-refractivity contribution in [2.45, 2.75) is 6.42 Å². The van der Waals surface area contributed by atoms with Crippen LogP contribution in [-0.4, -0.2) is 23.5 Å². The molecule has 0 saturated carbocycles. The molecule has 0 radical (unpaired) electrons. The second-order valence-electron chi connectivity index (χ2n) is 3.69. The number of cyclic esters (lactones) is 1. The zero-order valence-electron chi connectivity index (χ0n) is 9.01. The van der Waals surface area contributed by atoms with Crippen molar-refractivity contribution < 1.29 is 14.3 Å². The Morgan fingerprint density at radius 2 is 2.06 bits per heavy atom. The fourth-order valence-corrected chi connectivity index (χ4v) is 1.90. The van der Waals surface area contributed by atoms with Crippen LogP contribution in [0.2, 0.25) is 0 Å². The lowest BCUT2D eigenvalue weighted by Crippen LogP contribution is -2.36. The van der Waals surface area contributed by atoms with E-state index in [1.165, 1.54) is 0 Å². The fourth-order valence-electron chi connectivity index (χ4n) is 1.59. The molecule has 1 aliphatic rings. The van der Waals surface area contributed by atoms with Crippen LogP contribution in [0, 0.1) is 5.92 Å². The lowest BCUT2D eigenvalue weighted by molar-refractivity contribution is -0.139. The van der Waals surface area contributed by atoms with E-state index in [0.29, 0.717) is 18.6 Å². The summed E-state index contributed by atoms with van der Waals surface area (Å²) in [4.78, 5) is 23.3. The Balaban J connectivity index is 2.00. The second kappa shape index (κ2) is 5.05. The molecular formula is C12H11NO3S. The maximum Gasteiger partial charge on any atom is 0.315 e. The summed E-state index contributed by atoms with van der Waals surface area (Å²) in [5.74, 6) is -1.14. The van der Waals surface area contributed by atoms with Crippen molar-refractivity contribution in [2.24, 2.45) is 5.92 Å². The molecule has 4 nitrogen and oxygen atoms in total. The number of hydrogen-bond donors (Lipinski definition) is 1. The van der Waals surface area contributed by atoms with E-state index in [1.54, 1.807) is 24.3 Å². The monoisotopic (exact) mass is 249 g/mol. The van der Waals surface area contributed by atoms with Crippen LogP contribution < -0.4 is 5.32 Å². The number of carbonyl (C=O) groups is 2. The molecule has 0 aromatic heterocycles. The molecule has 0 aliphatic carbocycles. The number of hydrogen-bond acceptors (Lipinski definition) is 4. The van der Waals surface area contributed by atoms with Gasteiger partial charge in [-0.25, -0.2) is 0 Å². The minimum atomic E-state index is -0.488. The van der Waals surface area contributed by atoms with Gasteiger partial charge in [-0.05, 0) is 12.1 Å². The first-order valence-corrected chi connectivity index (χ1v) is 5.66. The molecule has 5 heteroatoms. The third-order valence-corrected chi connectivity index (χ3v) is 2.91. The standard InChI is InChI=1S/C12H11NO3S/c14-10(8-4-2-1-3-5-8)13-11(17)9-6-7-16-12(9)15/h1-5,9H,6-7H2,(H,13,14,17). The largest absolute Gasteiger partial charge is 0.465 e. The molecule has 2 rings (SSSR count). The highest BCUT2D eigenvalue weighted by molar-refractivity contribution is 7.80. The molecule has 1 unspecified atom stereocenters. The van der Waals surface area contributed by atoms with Gasteiger partial charge in [-0.15, -0.1) is 0 Å². The molecule has 0 bridgehead atoms. The van der Waals surface area contributed by atoms with Crippen LogP contribution in [0.5, 0.6) is 0 Å². The smallest absolute Gasteiger partial charge is 0.315 e. The van der Waals surface area contributed by atoms with E-state index in [9.17, 15) is 9.59 Å². The van der Waals surface area contributed by atoms with Gasteiger partial charge < -0.3 is 10.1 Å². The summed E-state index contributed by atoms with van der Waals surface area (Å²) in [6, 6.07) is 8.73. The summed E-state index contributed by atoms with van der Waals surface area (Å²) >= 11 is 5.03. The Bertz CT molecular complexity index is 458. The molecule has 1 aliphatic heterocycles. The van der Waals surface area contributed by atoms with Gasteiger partial charge in [0, 0.05) is 12.0 Å². The minimum absolute atomic E-state index is 0.237.